The Labute approximate surface area is 185 Å². The maximum absolute atomic E-state index is 12.9. The quantitative estimate of drug-likeness (QED) is 0.433. The van der Waals surface area contributed by atoms with Gasteiger partial charge < -0.3 is 24.9 Å². The van der Waals surface area contributed by atoms with Crippen molar-refractivity contribution >= 4 is 45.5 Å². The van der Waals surface area contributed by atoms with Crippen molar-refractivity contribution in [2.75, 3.05) is 12.4 Å². The minimum atomic E-state index is -1.07. The highest BCUT2D eigenvalue weighted by Gasteiger charge is 2.17. The van der Waals surface area contributed by atoms with Gasteiger partial charge in [0.15, 0.2) is 10.4 Å². The van der Waals surface area contributed by atoms with E-state index < -0.39 is 17.8 Å². The SMILES string of the molecule is COc1ccc(/C=C(\NC(=O)c2ccc(Br)o2)C(=O)Nc2ccc(C(=O)O)cc2)cc1. The van der Waals surface area contributed by atoms with Crippen molar-refractivity contribution in [3.8, 4) is 5.75 Å². The van der Waals surface area contributed by atoms with Crippen molar-refractivity contribution in [3.05, 3.63) is 87.9 Å². The Bertz CT molecular complexity index is 1130. The number of nitrogens with one attached hydrogen (secondary N) is 2. The zero-order chi connectivity index (χ0) is 22.4. The molecule has 3 aromatic rings. The summed E-state index contributed by atoms with van der Waals surface area (Å²) >= 11 is 3.13. The number of ether oxygens (including phenoxy) is 1. The minimum Gasteiger partial charge on any atom is -0.497 e. The number of amides is 2. The van der Waals surface area contributed by atoms with E-state index in [0.717, 1.165) is 0 Å². The van der Waals surface area contributed by atoms with Crippen LogP contribution < -0.4 is 15.4 Å². The lowest BCUT2D eigenvalue weighted by Crippen LogP contribution is -2.30. The fourth-order valence-electron chi connectivity index (χ4n) is 2.54. The summed E-state index contributed by atoms with van der Waals surface area (Å²) in [5.74, 6) is -1.62. The molecule has 31 heavy (non-hydrogen) atoms. The molecule has 0 aliphatic carbocycles. The summed E-state index contributed by atoms with van der Waals surface area (Å²) < 4.78 is 10.7. The molecule has 3 N–H and O–H groups in total. The summed E-state index contributed by atoms with van der Waals surface area (Å²) in [6, 6.07) is 15.6. The molecule has 0 unspecified atom stereocenters. The van der Waals surface area contributed by atoms with Crippen LogP contribution in [0.4, 0.5) is 5.69 Å². The normalized spacial score (nSPS) is 11.0. The Hall–Kier alpha value is -3.85. The molecular weight excluding hydrogens is 468 g/mol. The number of rotatable bonds is 7. The van der Waals surface area contributed by atoms with E-state index in [4.69, 9.17) is 14.3 Å². The lowest BCUT2D eigenvalue weighted by Gasteiger charge is -2.11. The molecule has 0 bridgehead atoms. The summed E-state index contributed by atoms with van der Waals surface area (Å²) in [4.78, 5) is 36.3. The minimum absolute atomic E-state index is 0.0196. The Balaban J connectivity index is 1.85. The molecule has 1 aromatic heterocycles. The van der Waals surface area contributed by atoms with Gasteiger partial charge in [-0.05, 0) is 76.1 Å². The van der Waals surface area contributed by atoms with E-state index in [2.05, 4.69) is 26.6 Å². The van der Waals surface area contributed by atoms with Crippen LogP contribution in [0.3, 0.4) is 0 Å². The molecule has 0 saturated carbocycles. The molecule has 2 amide bonds. The van der Waals surface area contributed by atoms with E-state index >= 15 is 0 Å². The standard InChI is InChI=1S/C22H17BrN2O6/c1-30-16-8-2-13(3-9-16)12-17(25-21(27)18-10-11-19(23)31-18)20(26)24-15-6-4-14(5-7-15)22(28)29/h2-12H,1H3,(H,24,26)(H,25,27)(H,28,29)/b17-12-. The van der Waals surface area contributed by atoms with Crippen molar-refractivity contribution in [1.29, 1.82) is 0 Å². The largest absolute Gasteiger partial charge is 0.497 e. The average Bonchev–Trinajstić information content (AvgIpc) is 3.20. The number of hydrogen-bond donors (Lipinski definition) is 3. The Morgan fingerprint density at radius 1 is 1.00 bits per heavy atom. The Kier molecular flexibility index (Phi) is 6.88. The monoisotopic (exact) mass is 484 g/mol. The molecular formula is C22H17BrN2O6. The van der Waals surface area contributed by atoms with Crippen LogP contribution in [0.1, 0.15) is 26.5 Å². The maximum Gasteiger partial charge on any atom is 0.335 e. The molecule has 0 radical (unpaired) electrons. The van der Waals surface area contributed by atoms with Gasteiger partial charge in [0.1, 0.15) is 11.4 Å². The first-order valence-corrected chi connectivity index (χ1v) is 9.72. The predicted octanol–water partition coefficient (Wildman–Crippen LogP) is 4.16. The lowest BCUT2D eigenvalue weighted by molar-refractivity contribution is -0.113. The highest BCUT2D eigenvalue weighted by atomic mass is 79.9. The molecule has 2 aromatic carbocycles. The number of carbonyl (C=O) groups excluding carboxylic acids is 2. The number of anilines is 1. The zero-order valence-electron chi connectivity index (χ0n) is 16.2. The van der Waals surface area contributed by atoms with Crippen LogP contribution >= 0.6 is 15.9 Å². The maximum atomic E-state index is 12.9. The fraction of sp³-hybridized carbons (Fsp3) is 0.0455. The van der Waals surface area contributed by atoms with E-state index in [1.165, 1.54) is 36.4 Å². The Morgan fingerprint density at radius 3 is 2.23 bits per heavy atom. The molecule has 0 atom stereocenters. The molecule has 158 valence electrons. The van der Waals surface area contributed by atoms with Crippen molar-refractivity contribution in [2.24, 2.45) is 0 Å². The predicted molar refractivity (Wildman–Crippen MR) is 117 cm³/mol. The molecule has 0 fully saturated rings. The van der Waals surface area contributed by atoms with Crippen LogP contribution in [-0.4, -0.2) is 30.0 Å². The van der Waals surface area contributed by atoms with Crippen LogP contribution in [0, 0.1) is 0 Å². The number of carbonyl (C=O) groups is 3. The number of carboxylic acids is 1. The second-order valence-electron chi connectivity index (χ2n) is 6.23. The second kappa shape index (κ2) is 9.77. The average molecular weight is 485 g/mol. The third-order valence-corrected chi connectivity index (χ3v) is 4.53. The van der Waals surface area contributed by atoms with Gasteiger partial charge in [0.25, 0.3) is 11.8 Å². The number of hydrogen-bond acceptors (Lipinski definition) is 5. The van der Waals surface area contributed by atoms with Gasteiger partial charge in [0.2, 0.25) is 0 Å². The van der Waals surface area contributed by atoms with Crippen LogP contribution in [-0.2, 0) is 4.79 Å². The van der Waals surface area contributed by atoms with Gasteiger partial charge >= 0.3 is 5.97 Å². The number of furan rings is 1. The summed E-state index contributed by atoms with van der Waals surface area (Å²) in [5, 5.41) is 14.2. The number of benzene rings is 2. The van der Waals surface area contributed by atoms with Gasteiger partial charge in [-0.15, -0.1) is 0 Å². The molecule has 1 heterocycles. The third kappa shape index (κ3) is 5.83. The number of carboxylic acid groups (broad SMARTS) is 1. The summed E-state index contributed by atoms with van der Waals surface area (Å²) in [6.07, 6.45) is 1.50. The lowest BCUT2D eigenvalue weighted by atomic mass is 10.1. The molecule has 9 heteroatoms. The molecule has 3 rings (SSSR count). The van der Waals surface area contributed by atoms with Gasteiger partial charge in [0.05, 0.1) is 12.7 Å². The summed E-state index contributed by atoms with van der Waals surface area (Å²) in [6.45, 7) is 0. The number of methoxy groups -OCH3 is 1. The van der Waals surface area contributed by atoms with Crippen molar-refractivity contribution < 1.29 is 28.6 Å². The Morgan fingerprint density at radius 2 is 1.68 bits per heavy atom. The fourth-order valence-corrected chi connectivity index (χ4v) is 2.85. The van der Waals surface area contributed by atoms with E-state index in [0.29, 0.717) is 21.7 Å². The topological polar surface area (TPSA) is 118 Å². The molecule has 0 aliphatic rings. The summed E-state index contributed by atoms with van der Waals surface area (Å²) in [7, 11) is 1.54. The molecule has 8 nitrogen and oxygen atoms in total. The highest BCUT2D eigenvalue weighted by Crippen LogP contribution is 2.17. The van der Waals surface area contributed by atoms with Crippen LogP contribution in [0.5, 0.6) is 5.75 Å². The third-order valence-electron chi connectivity index (χ3n) is 4.11. The summed E-state index contributed by atoms with van der Waals surface area (Å²) in [5.41, 5.74) is 1.06. The first-order valence-electron chi connectivity index (χ1n) is 8.93. The zero-order valence-corrected chi connectivity index (χ0v) is 17.8. The smallest absolute Gasteiger partial charge is 0.335 e. The van der Waals surface area contributed by atoms with E-state index in [1.807, 2.05) is 0 Å². The van der Waals surface area contributed by atoms with E-state index in [-0.39, 0.29) is 17.0 Å². The van der Waals surface area contributed by atoms with Crippen LogP contribution in [0.25, 0.3) is 6.08 Å². The van der Waals surface area contributed by atoms with Gasteiger partial charge in [-0.2, -0.15) is 0 Å². The molecule has 0 saturated heterocycles. The van der Waals surface area contributed by atoms with E-state index in [9.17, 15) is 14.4 Å². The van der Waals surface area contributed by atoms with Crippen LogP contribution in [0.2, 0.25) is 0 Å². The van der Waals surface area contributed by atoms with Crippen molar-refractivity contribution in [3.63, 3.8) is 0 Å². The first-order chi connectivity index (χ1) is 14.9. The van der Waals surface area contributed by atoms with Gasteiger partial charge in [-0.1, -0.05) is 12.1 Å². The van der Waals surface area contributed by atoms with Crippen molar-refractivity contribution in [2.45, 2.75) is 0 Å². The second-order valence-corrected chi connectivity index (χ2v) is 7.01. The van der Waals surface area contributed by atoms with Gasteiger partial charge in [-0.25, -0.2) is 4.79 Å². The van der Waals surface area contributed by atoms with Crippen LogP contribution in [0.15, 0.2) is 75.4 Å². The number of aromatic carboxylic acids is 1. The van der Waals surface area contributed by atoms with Gasteiger partial charge in [0, 0.05) is 5.69 Å². The first kappa shape index (κ1) is 21.8. The van der Waals surface area contributed by atoms with Crippen molar-refractivity contribution in [1.82, 2.24) is 5.32 Å². The number of halogens is 1. The van der Waals surface area contributed by atoms with Gasteiger partial charge in [-0.3, -0.25) is 9.59 Å². The molecule has 0 aliphatic heterocycles. The highest BCUT2D eigenvalue weighted by molar-refractivity contribution is 9.10. The molecule has 0 spiro atoms. The van der Waals surface area contributed by atoms with E-state index in [1.54, 1.807) is 37.4 Å².